The van der Waals surface area contributed by atoms with Gasteiger partial charge < -0.3 is 28.4 Å². The largest absolute Gasteiger partial charge is 0.489 e. The number of benzene rings is 1. The molecule has 7 nitrogen and oxygen atoms in total. The third kappa shape index (κ3) is 44.0. The standard InChI is InChI=1S/C73H136O7/c1-8-14-19-24-29-34-39-44-49-54-61-75-69-67(59-60-68(74)80-66(7)13-6)70(76-62-55-50-45-40-35-30-25-20-15-9-2)72(78-64-57-52-47-42-37-32-27-22-17-11-4)73(79-65-58-53-48-43-38-33-28-23-18-12-5)71(69)77-63-56-51-46-41-36-31-26-21-16-10-3/h59-60,66H,8-58,61-65H2,1-7H3. The van der Waals surface area contributed by atoms with E-state index in [1.54, 1.807) is 6.08 Å². The Morgan fingerprint density at radius 2 is 0.475 bits per heavy atom. The van der Waals surface area contributed by atoms with Crippen LogP contribution in [0.3, 0.4) is 0 Å². The van der Waals surface area contributed by atoms with Gasteiger partial charge in [0.1, 0.15) is 0 Å². The molecular weight excluding hydrogens is 989 g/mol. The number of esters is 1. The quantitative estimate of drug-likeness (QED) is 0.0366. The van der Waals surface area contributed by atoms with Crippen LogP contribution in [0.2, 0.25) is 0 Å². The fourth-order valence-electron chi connectivity index (χ4n) is 10.8. The topological polar surface area (TPSA) is 72.5 Å². The van der Waals surface area contributed by atoms with E-state index in [0.717, 1.165) is 70.6 Å². The molecule has 80 heavy (non-hydrogen) atoms. The zero-order chi connectivity index (χ0) is 57.9. The highest BCUT2D eigenvalue weighted by molar-refractivity contribution is 5.90. The lowest BCUT2D eigenvalue weighted by atomic mass is 10.1. The molecule has 0 bridgehead atoms. The SMILES string of the molecule is CCCCCCCCCCCCOc1c(C=CC(=O)OC(C)CC)c(OCCCCCCCCCCCC)c(OCCCCCCCCCCCC)c(OCCCCCCCCCCCC)c1OCCCCCCCCCCCC. The van der Waals surface area contributed by atoms with Crippen molar-refractivity contribution in [2.75, 3.05) is 33.0 Å². The lowest BCUT2D eigenvalue weighted by molar-refractivity contribution is -0.142. The zero-order valence-electron chi connectivity index (χ0n) is 54.7. The van der Waals surface area contributed by atoms with Crippen LogP contribution >= 0.6 is 0 Å². The highest BCUT2D eigenvalue weighted by Crippen LogP contribution is 2.55. The first kappa shape index (κ1) is 75.4. The molecular formula is C73H136O7. The van der Waals surface area contributed by atoms with Gasteiger partial charge in [0.2, 0.25) is 17.2 Å². The van der Waals surface area contributed by atoms with Crippen LogP contribution in [0.1, 0.15) is 381 Å². The first-order valence-electron chi connectivity index (χ1n) is 35.7. The molecule has 0 saturated carbocycles. The zero-order valence-corrected chi connectivity index (χ0v) is 54.7. The van der Waals surface area contributed by atoms with Crippen LogP contribution in [0.15, 0.2) is 6.08 Å². The highest BCUT2D eigenvalue weighted by atomic mass is 16.6. The van der Waals surface area contributed by atoms with Gasteiger partial charge in [-0.15, -0.1) is 0 Å². The van der Waals surface area contributed by atoms with Crippen LogP contribution < -0.4 is 23.7 Å². The Bertz CT molecular complexity index is 1410. The average molecular weight is 1130 g/mol. The third-order valence-corrected chi connectivity index (χ3v) is 16.3. The van der Waals surface area contributed by atoms with Crippen molar-refractivity contribution in [1.29, 1.82) is 0 Å². The summed E-state index contributed by atoms with van der Waals surface area (Å²) < 4.78 is 41.1. The number of carbonyl (C=O) groups is 1. The number of unbranched alkanes of at least 4 members (excludes halogenated alkanes) is 45. The van der Waals surface area contributed by atoms with Gasteiger partial charge in [-0.3, -0.25) is 0 Å². The van der Waals surface area contributed by atoms with E-state index in [2.05, 4.69) is 34.6 Å². The minimum absolute atomic E-state index is 0.187. The molecule has 1 atom stereocenters. The van der Waals surface area contributed by atoms with Crippen molar-refractivity contribution in [1.82, 2.24) is 0 Å². The van der Waals surface area contributed by atoms with E-state index >= 15 is 0 Å². The van der Waals surface area contributed by atoms with Crippen molar-refractivity contribution in [2.45, 2.75) is 382 Å². The molecule has 0 amide bonds. The van der Waals surface area contributed by atoms with Gasteiger partial charge in [-0.25, -0.2) is 4.79 Å². The Hall–Kier alpha value is -2.57. The summed E-state index contributed by atoms with van der Waals surface area (Å²) in [6.45, 7) is 18.2. The predicted molar refractivity (Wildman–Crippen MR) is 348 cm³/mol. The van der Waals surface area contributed by atoms with Gasteiger partial charge in [0.15, 0.2) is 11.5 Å². The average Bonchev–Trinajstić information content (AvgIpc) is 3.46. The summed E-state index contributed by atoms with van der Waals surface area (Å²) in [5.74, 6) is 2.63. The van der Waals surface area contributed by atoms with E-state index < -0.39 is 0 Å². The van der Waals surface area contributed by atoms with Crippen LogP contribution in [0, 0.1) is 0 Å². The molecule has 0 saturated heterocycles. The van der Waals surface area contributed by atoms with Crippen LogP contribution in [0.25, 0.3) is 6.08 Å². The predicted octanol–water partition coefficient (Wildman–Crippen LogP) is 24.5. The first-order valence-corrected chi connectivity index (χ1v) is 35.7. The Kier molecular flexibility index (Phi) is 56.2. The number of carbonyl (C=O) groups excluding carboxylic acids is 1. The molecule has 1 aromatic rings. The molecule has 0 aliphatic carbocycles. The second kappa shape index (κ2) is 59.6. The fourth-order valence-corrected chi connectivity index (χ4v) is 10.8. The van der Waals surface area contributed by atoms with E-state index in [1.807, 2.05) is 19.9 Å². The van der Waals surface area contributed by atoms with Gasteiger partial charge in [0, 0.05) is 6.08 Å². The summed E-state index contributed by atoms with van der Waals surface area (Å²) in [4.78, 5) is 13.6. The minimum atomic E-state index is -0.373. The maximum absolute atomic E-state index is 13.6. The number of rotatable bonds is 64. The van der Waals surface area contributed by atoms with Crippen LogP contribution in [-0.4, -0.2) is 45.1 Å². The summed E-state index contributed by atoms with van der Waals surface area (Å²) in [6.07, 6.45) is 66.8. The number of hydrogen-bond donors (Lipinski definition) is 0. The Balaban J connectivity index is 3.77. The van der Waals surface area contributed by atoms with Crippen LogP contribution in [0.4, 0.5) is 0 Å². The van der Waals surface area contributed by atoms with Crippen LogP contribution in [-0.2, 0) is 9.53 Å². The van der Waals surface area contributed by atoms with Gasteiger partial charge in [-0.1, -0.05) is 330 Å². The Morgan fingerprint density at radius 1 is 0.287 bits per heavy atom. The maximum Gasteiger partial charge on any atom is 0.331 e. The lowest BCUT2D eigenvalue weighted by Gasteiger charge is -2.25. The molecule has 0 heterocycles. The van der Waals surface area contributed by atoms with Crippen molar-refractivity contribution in [3.05, 3.63) is 11.6 Å². The Morgan fingerprint density at radius 3 is 0.688 bits per heavy atom. The van der Waals surface area contributed by atoms with E-state index in [0.29, 0.717) is 67.3 Å². The normalized spacial score (nSPS) is 11.9. The van der Waals surface area contributed by atoms with Crippen molar-refractivity contribution < 1.29 is 33.2 Å². The summed E-state index contributed by atoms with van der Waals surface area (Å²) in [5.41, 5.74) is 0.688. The molecule has 1 rings (SSSR count). The molecule has 0 aliphatic heterocycles. The van der Waals surface area contributed by atoms with E-state index in [1.165, 1.54) is 257 Å². The third-order valence-electron chi connectivity index (χ3n) is 16.3. The molecule has 0 aliphatic rings. The van der Waals surface area contributed by atoms with Gasteiger partial charge in [0.05, 0.1) is 44.7 Å². The highest BCUT2D eigenvalue weighted by Gasteiger charge is 2.30. The Labute approximate surface area is 498 Å². The molecule has 0 fully saturated rings. The smallest absolute Gasteiger partial charge is 0.331 e. The van der Waals surface area contributed by atoms with Crippen molar-refractivity contribution in [3.63, 3.8) is 0 Å². The molecule has 0 radical (unpaired) electrons. The maximum atomic E-state index is 13.6. The molecule has 7 heteroatoms. The summed E-state index contributed by atoms with van der Waals surface area (Å²) in [5, 5.41) is 0. The second-order valence-corrected chi connectivity index (χ2v) is 24.2. The van der Waals surface area contributed by atoms with Gasteiger partial charge in [-0.2, -0.15) is 0 Å². The number of hydrogen-bond acceptors (Lipinski definition) is 7. The minimum Gasteiger partial charge on any atom is -0.489 e. The molecule has 0 N–H and O–H groups in total. The van der Waals surface area contributed by atoms with Crippen molar-refractivity contribution in [2.24, 2.45) is 0 Å². The fraction of sp³-hybridized carbons (Fsp3) is 0.877. The van der Waals surface area contributed by atoms with Crippen LogP contribution in [0.5, 0.6) is 28.7 Å². The number of ether oxygens (including phenoxy) is 6. The summed E-state index contributed by atoms with van der Waals surface area (Å²) in [7, 11) is 0. The van der Waals surface area contributed by atoms with Crippen molar-refractivity contribution in [3.8, 4) is 28.7 Å². The van der Waals surface area contributed by atoms with Gasteiger partial charge in [-0.05, 0) is 51.5 Å². The first-order chi connectivity index (χ1) is 39.5. The van der Waals surface area contributed by atoms with Crippen molar-refractivity contribution >= 4 is 12.0 Å². The van der Waals surface area contributed by atoms with Gasteiger partial charge in [0.25, 0.3) is 0 Å². The van der Waals surface area contributed by atoms with E-state index in [-0.39, 0.29) is 12.1 Å². The lowest BCUT2D eigenvalue weighted by Crippen LogP contribution is -2.13. The summed E-state index contributed by atoms with van der Waals surface area (Å²) >= 11 is 0. The van der Waals surface area contributed by atoms with Gasteiger partial charge >= 0.3 is 5.97 Å². The molecule has 1 unspecified atom stereocenters. The molecule has 0 aromatic heterocycles. The molecule has 0 spiro atoms. The van der Waals surface area contributed by atoms with E-state index in [4.69, 9.17) is 28.4 Å². The molecule has 470 valence electrons. The molecule has 1 aromatic carbocycles. The van der Waals surface area contributed by atoms with E-state index in [9.17, 15) is 4.79 Å². The summed E-state index contributed by atoms with van der Waals surface area (Å²) in [6, 6.07) is 0. The monoisotopic (exact) mass is 1130 g/mol. The second-order valence-electron chi connectivity index (χ2n) is 24.2.